The number of rotatable bonds is 8. The molecular formula is C29H29NO6. The molecule has 36 heavy (non-hydrogen) atoms. The predicted molar refractivity (Wildman–Crippen MR) is 135 cm³/mol. The Morgan fingerprint density at radius 1 is 0.944 bits per heavy atom. The van der Waals surface area contributed by atoms with E-state index in [1.165, 1.54) is 0 Å². The molecule has 1 aliphatic heterocycles. The molecule has 1 aliphatic carbocycles. The molecule has 0 saturated carbocycles. The van der Waals surface area contributed by atoms with E-state index in [9.17, 15) is 9.59 Å². The van der Waals surface area contributed by atoms with Crippen LogP contribution >= 0.6 is 0 Å². The van der Waals surface area contributed by atoms with Crippen LogP contribution in [0.15, 0.2) is 78.9 Å². The first-order chi connectivity index (χ1) is 17.6. The van der Waals surface area contributed by atoms with Crippen molar-refractivity contribution >= 4 is 23.4 Å². The summed E-state index contributed by atoms with van der Waals surface area (Å²) in [5.41, 5.74) is 3.05. The summed E-state index contributed by atoms with van der Waals surface area (Å²) < 4.78 is 22.7. The molecule has 186 valence electrons. The van der Waals surface area contributed by atoms with Crippen LogP contribution in [0.3, 0.4) is 0 Å². The van der Waals surface area contributed by atoms with Gasteiger partial charge in [-0.15, -0.1) is 0 Å². The minimum absolute atomic E-state index is 0.00231. The van der Waals surface area contributed by atoms with Crippen molar-refractivity contribution in [2.45, 2.75) is 37.9 Å². The van der Waals surface area contributed by atoms with Crippen molar-refractivity contribution in [2.75, 3.05) is 24.7 Å². The molecule has 0 spiro atoms. The van der Waals surface area contributed by atoms with Gasteiger partial charge in [-0.05, 0) is 61.2 Å². The summed E-state index contributed by atoms with van der Waals surface area (Å²) in [6, 6.07) is 24.7. The molecule has 5 rings (SSSR count). The number of epoxide rings is 1. The van der Waals surface area contributed by atoms with Gasteiger partial charge in [0.2, 0.25) is 0 Å². The Morgan fingerprint density at radius 2 is 1.64 bits per heavy atom. The normalized spacial score (nSPS) is 19.8. The molecule has 7 nitrogen and oxygen atoms in total. The van der Waals surface area contributed by atoms with Crippen LogP contribution in [-0.2, 0) is 31.8 Å². The maximum Gasteiger partial charge on any atom is 0.419 e. The summed E-state index contributed by atoms with van der Waals surface area (Å²) >= 11 is 0. The minimum atomic E-state index is -0.556. The van der Waals surface area contributed by atoms with Gasteiger partial charge >= 0.3 is 12.1 Å². The maximum atomic E-state index is 13.3. The number of ether oxygens (including phenoxy) is 4. The summed E-state index contributed by atoms with van der Waals surface area (Å²) in [5.74, 6) is 0.299. The molecule has 2 aliphatic rings. The van der Waals surface area contributed by atoms with Gasteiger partial charge in [0.15, 0.2) is 6.61 Å². The van der Waals surface area contributed by atoms with Gasteiger partial charge in [0.05, 0.1) is 24.1 Å². The third-order valence-corrected chi connectivity index (χ3v) is 6.58. The van der Waals surface area contributed by atoms with Crippen molar-refractivity contribution in [2.24, 2.45) is 0 Å². The van der Waals surface area contributed by atoms with Crippen molar-refractivity contribution in [1.29, 1.82) is 0 Å². The SMILES string of the molecule is CCOC(=O)COc1cccc2c1CCC1OC1(COC(=O)N(c1ccccc1)c1ccccc1)C2. The molecule has 2 unspecified atom stereocenters. The van der Waals surface area contributed by atoms with E-state index in [1.54, 1.807) is 11.8 Å². The molecule has 0 aromatic heterocycles. The third-order valence-electron chi connectivity index (χ3n) is 6.58. The molecule has 3 aromatic carbocycles. The zero-order chi connectivity index (χ0) is 25.0. The lowest BCUT2D eigenvalue weighted by Crippen LogP contribution is -2.33. The number of esters is 1. The summed E-state index contributed by atoms with van der Waals surface area (Å²) in [7, 11) is 0. The Kier molecular flexibility index (Phi) is 6.91. The standard InChI is InChI=1S/C29H29NO6/c1-2-33-27(31)19-34-25-15-9-10-21-18-29(26(36-29)17-16-24(21)25)20-35-28(32)30(22-11-5-3-6-12-22)23-13-7-4-8-14-23/h3-15,26H,2,16-20H2,1H3. The van der Waals surface area contributed by atoms with Crippen molar-refractivity contribution in [3.05, 3.63) is 90.0 Å². The lowest BCUT2D eigenvalue weighted by Gasteiger charge is -2.23. The number of carbonyl (C=O) groups excluding carboxylic acids is 2. The van der Waals surface area contributed by atoms with Crippen LogP contribution in [0.5, 0.6) is 5.75 Å². The molecule has 1 heterocycles. The molecule has 1 fully saturated rings. The zero-order valence-corrected chi connectivity index (χ0v) is 20.2. The Morgan fingerprint density at radius 3 is 2.31 bits per heavy atom. The van der Waals surface area contributed by atoms with E-state index in [0.717, 1.165) is 35.3 Å². The molecule has 1 amide bonds. The van der Waals surface area contributed by atoms with Gasteiger partial charge in [0.1, 0.15) is 18.0 Å². The summed E-state index contributed by atoms with van der Waals surface area (Å²) in [5, 5.41) is 0. The smallest absolute Gasteiger partial charge is 0.419 e. The van der Waals surface area contributed by atoms with Gasteiger partial charge in [-0.1, -0.05) is 48.5 Å². The van der Waals surface area contributed by atoms with E-state index >= 15 is 0 Å². The Labute approximate surface area is 210 Å². The number of benzene rings is 3. The highest BCUT2D eigenvalue weighted by atomic mass is 16.6. The highest BCUT2D eigenvalue weighted by Crippen LogP contribution is 2.47. The molecule has 0 radical (unpaired) electrons. The van der Waals surface area contributed by atoms with E-state index in [4.69, 9.17) is 18.9 Å². The molecule has 0 bridgehead atoms. The van der Waals surface area contributed by atoms with Gasteiger partial charge in [-0.25, -0.2) is 14.5 Å². The van der Waals surface area contributed by atoms with Crippen LogP contribution in [0.25, 0.3) is 0 Å². The molecule has 1 saturated heterocycles. The number of hydrogen-bond donors (Lipinski definition) is 0. The zero-order valence-electron chi connectivity index (χ0n) is 20.2. The molecule has 3 aromatic rings. The number of para-hydroxylation sites is 2. The lowest BCUT2D eigenvalue weighted by molar-refractivity contribution is -0.145. The van der Waals surface area contributed by atoms with Gasteiger partial charge in [-0.2, -0.15) is 0 Å². The Bertz CT molecular complexity index is 1180. The highest BCUT2D eigenvalue weighted by molar-refractivity contribution is 5.95. The monoisotopic (exact) mass is 487 g/mol. The van der Waals surface area contributed by atoms with Crippen molar-refractivity contribution in [3.63, 3.8) is 0 Å². The summed E-state index contributed by atoms with van der Waals surface area (Å²) in [6.07, 6.45) is 1.69. The fourth-order valence-corrected chi connectivity index (χ4v) is 4.80. The fourth-order valence-electron chi connectivity index (χ4n) is 4.80. The van der Waals surface area contributed by atoms with Crippen LogP contribution in [0.2, 0.25) is 0 Å². The number of amides is 1. The second kappa shape index (κ2) is 10.4. The number of anilines is 2. The van der Waals surface area contributed by atoms with Gasteiger partial charge in [0, 0.05) is 6.42 Å². The first kappa shape index (κ1) is 23.9. The number of hydrogen-bond acceptors (Lipinski definition) is 6. The van der Waals surface area contributed by atoms with E-state index in [1.807, 2.05) is 78.9 Å². The average Bonchev–Trinajstić information content (AvgIpc) is 3.61. The third kappa shape index (κ3) is 5.06. The first-order valence-corrected chi connectivity index (χ1v) is 12.2. The van der Waals surface area contributed by atoms with Crippen LogP contribution in [0.1, 0.15) is 24.5 Å². The summed E-state index contributed by atoms with van der Waals surface area (Å²) in [6.45, 7) is 2.12. The number of nitrogens with zero attached hydrogens (tertiary/aromatic N) is 1. The van der Waals surface area contributed by atoms with Crippen LogP contribution < -0.4 is 9.64 Å². The highest BCUT2D eigenvalue weighted by Gasteiger charge is 2.58. The quantitative estimate of drug-likeness (QED) is 0.320. The van der Waals surface area contributed by atoms with E-state index < -0.39 is 11.7 Å². The van der Waals surface area contributed by atoms with E-state index in [0.29, 0.717) is 18.8 Å². The van der Waals surface area contributed by atoms with E-state index in [2.05, 4.69) is 0 Å². The number of fused-ring (bicyclic) bond motifs is 2. The van der Waals surface area contributed by atoms with Gasteiger partial charge in [0.25, 0.3) is 0 Å². The summed E-state index contributed by atoms with van der Waals surface area (Å²) in [4.78, 5) is 26.6. The van der Waals surface area contributed by atoms with Crippen molar-refractivity contribution in [1.82, 2.24) is 0 Å². The molecule has 0 N–H and O–H groups in total. The largest absolute Gasteiger partial charge is 0.482 e. The Balaban J connectivity index is 1.30. The second-order valence-corrected chi connectivity index (χ2v) is 8.94. The first-order valence-electron chi connectivity index (χ1n) is 12.2. The lowest BCUT2D eigenvalue weighted by atomic mass is 9.96. The average molecular weight is 488 g/mol. The van der Waals surface area contributed by atoms with Crippen LogP contribution in [-0.4, -0.2) is 43.6 Å². The van der Waals surface area contributed by atoms with Gasteiger partial charge < -0.3 is 18.9 Å². The van der Waals surface area contributed by atoms with Crippen molar-refractivity contribution < 1.29 is 28.5 Å². The molecule has 2 atom stereocenters. The van der Waals surface area contributed by atoms with Gasteiger partial charge in [-0.3, -0.25) is 0 Å². The Hall–Kier alpha value is -3.84. The van der Waals surface area contributed by atoms with Crippen LogP contribution in [0.4, 0.5) is 16.2 Å². The number of carbonyl (C=O) groups is 2. The fraction of sp³-hybridized carbons (Fsp3) is 0.310. The van der Waals surface area contributed by atoms with Crippen LogP contribution in [0, 0.1) is 0 Å². The topological polar surface area (TPSA) is 77.6 Å². The van der Waals surface area contributed by atoms with Crippen molar-refractivity contribution in [3.8, 4) is 5.75 Å². The van der Waals surface area contributed by atoms with E-state index in [-0.39, 0.29) is 25.3 Å². The predicted octanol–water partition coefficient (Wildman–Crippen LogP) is 5.23. The second-order valence-electron chi connectivity index (χ2n) is 8.94. The maximum absolute atomic E-state index is 13.3. The molecule has 7 heteroatoms. The molecular weight excluding hydrogens is 458 g/mol. The minimum Gasteiger partial charge on any atom is -0.482 e.